The molecule has 0 saturated heterocycles. The third-order valence-electron chi connectivity index (χ3n) is 3.64. The van der Waals surface area contributed by atoms with Gasteiger partial charge in [-0.05, 0) is 37.3 Å². The van der Waals surface area contributed by atoms with Gasteiger partial charge in [-0.2, -0.15) is 0 Å². The number of ketones is 1. The molecule has 2 aromatic carbocycles. The van der Waals surface area contributed by atoms with Crippen molar-refractivity contribution in [1.29, 1.82) is 0 Å². The summed E-state index contributed by atoms with van der Waals surface area (Å²) in [5.74, 6) is 0.444. The van der Waals surface area contributed by atoms with Gasteiger partial charge in [0.25, 0.3) is 5.56 Å². The van der Waals surface area contributed by atoms with Gasteiger partial charge < -0.3 is 4.74 Å². The molecule has 122 valence electrons. The topological polar surface area (TPSA) is 61.2 Å². The number of ether oxygens (including phenoxy) is 1. The molecule has 24 heavy (non-hydrogen) atoms. The highest BCUT2D eigenvalue weighted by atomic mass is 35.5. The number of fused-ring (bicyclic) bond motifs is 1. The number of hydrogen-bond acceptors (Lipinski definition) is 4. The Balaban J connectivity index is 1.78. The molecule has 0 amide bonds. The lowest BCUT2D eigenvalue weighted by Crippen LogP contribution is -2.23. The number of Topliss-reactive ketones (excluding diaryl/α,β-unsaturated/α-hetero) is 1. The predicted octanol–water partition coefficient (Wildman–Crippen LogP) is 3.33. The minimum atomic E-state index is -0.175. The Morgan fingerprint density at radius 2 is 2.04 bits per heavy atom. The molecule has 6 heteroatoms. The van der Waals surface area contributed by atoms with E-state index in [1.807, 2.05) is 0 Å². The number of carbonyl (C=O) groups is 1. The van der Waals surface area contributed by atoms with Crippen molar-refractivity contribution in [3.8, 4) is 5.75 Å². The van der Waals surface area contributed by atoms with Gasteiger partial charge in [0.1, 0.15) is 12.4 Å². The van der Waals surface area contributed by atoms with Crippen LogP contribution in [-0.4, -0.2) is 21.9 Å². The zero-order chi connectivity index (χ0) is 17.1. The van der Waals surface area contributed by atoms with Gasteiger partial charge in [0.2, 0.25) is 0 Å². The maximum Gasteiger partial charge on any atom is 0.261 e. The van der Waals surface area contributed by atoms with E-state index in [4.69, 9.17) is 16.3 Å². The van der Waals surface area contributed by atoms with Crippen molar-refractivity contribution in [2.75, 3.05) is 6.61 Å². The van der Waals surface area contributed by atoms with Crippen molar-refractivity contribution in [3.63, 3.8) is 0 Å². The molecule has 0 N–H and O–H groups in total. The van der Waals surface area contributed by atoms with Gasteiger partial charge in [-0.25, -0.2) is 4.98 Å². The summed E-state index contributed by atoms with van der Waals surface area (Å²) in [6.45, 7) is 2.06. The highest BCUT2D eigenvalue weighted by Crippen LogP contribution is 2.18. The van der Waals surface area contributed by atoms with Crippen LogP contribution < -0.4 is 10.3 Å². The van der Waals surface area contributed by atoms with E-state index in [-0.39, 0.29) is 17.9 Å². The van der Waals surface area contributed by atoms with Gasteiger partial charge in [0.15, 0.2) is 5.78 Å². The lowest BCUT2D eigenvalue weighted by molar-refractivity contribution is 0.101. The lowest BCUT2D eigenvalue weighted by atomic mass is 10.1. The summed E-state index contributed by atoms with van der Waals surface area (Å²) < 4.78 is 7.13. The Hall–Kier alpha value is -2.66. The third kappa shape index (κ3) is 3.31. The number of hydrogen-bond donors (Lipinski definition) is 0. The van der Waals surface area contributed by atoms with Crippen LogP contribution in [0.25, 0.3) is 10.9 Å². The van der Waals surface area contributed by atoms with Gasteiger partial charge in [-0.15, -0.1) is 0 Å². The van der Waals surface area contributed by atoms with Crippen molar-refractivity contribution in [2.24, 2.45) is 0 Å². The molecule has 5 nitrogen and oxygen atoms in total. The Kier molecular flexibility index (Phi) is 4.62. The summed E-state index contributed by atoms with van der Waals surface area (Å²) in [6, 6.07) is 12.0. The second-order valence-electron chi connectivity index (χ2n) is 5.31. The minimum Gasteiger partial charge on any atom is -0.491 e. The van der Waals surface area contributed by atoms with Gasteiger partial charge in [-0.1, -0.05) is 23.7 Å². The van der Waals surface area contributed by atoms with E-state index in [9.17, 15) is 9.59 Å². The Morgan fingerprint density at radius 1 is 1.25 bits per heavy atom. The fourth-order valence-electron chi connectivity index (χ4n) is 2.43. The van der Waals surface area contributed by atoms with Crippen LogP contribution in [0.5, 0.6) is 5.75 Å². The van der Waals surface area contributed by atoms with E-state index in [1.54, 1.807) is 42.5 Å². The smallest absolute Gasteiger partial charge is 0.261 e. The molecule has 1 heterocycles. The minimum absolute atomic E-state index is 0.0650. The van der Waals surface area contributed by atoms with Crippen LogP contribution in [0.3, 0.4) is 0 Å². The van der Waals surface area contributed by atoms with E-state index in [0.29, 0.717) is 33.8 Å². The number of benzene rings is 2. The zero-order valence-corrected chi connectivity index (χ0v) is 13.8. The van der Waals surface area contributed by atoms with Crippen molar-refractivity contribution in [1.82, 2.24) is 9.55 Å². The van der Waals surface area contributed by atoms with E-state index in [1.165, 1.54) is 17.8 Å². The molecule has 0 unspecified atom stereocenters. The average molecular weight is 343 g/mol. The summed E-state index contributed by atoms with van der Waals surface area (Å²) in [6.07, 6.45) is 1.48. The molecule has 1 aromatic heterocycles. The zero-order valence-electron chi connectivity index (χ0n) is 13.0. The van der Waals surface area contributed by atoms with Crippen LogP contribution in [0.15, 0.2) is 53.6 Å². The first-order valence-corrected chi connectivity index (χ1v) is 7.81. The van der Waals surface area contributed by atoms with Crippen molar-refractivity contribution >= 4 is 28.3 Å². The monoisotopic (exact) mass is 342 g/mol. The molecular formula is C18H15ClN2O3. The first-order chi connectivity index (χ1) is 11.6. The maximum atomic E-state index is 12.5. The number of nitrogens with zero attached hydrogens (tertiary/aromatic N) is 2. The standard InChI is InChI=1S/C18H15ClN2O3/c1-12(22)14-4-2-3-5-17(14)24-9-8-21-11-20-16-7-6-13(19)10-15(16)18(21)23/h2-7,10-11H,8-9H2,1H3. The summed E-state index contributed by atoms with van der Waals surface area (Å²) in [5.41, 5.74) is 0.947. The van der Waals surface area contributed by atoms with E-state index in [2.05, 4.69) is 4.98 Å². The lowest BCUT2D eigenvalue weighted by Gasteiger charge is -2.11. The largest absolute Gasteiger partial charge is 0.491 e. The number of para-hydroxylation sites is 1. The molecule has 0 aliphatic rings. The Bertz CT molecular complexity index is 966. The predicted molar refractivity (Wildman–Crippen MR) is 93.0 cm³/mol. The van der Waals surface area contributed by atoms with E-state index in [0.717, 1.165) is 0 Å². The molecule has 0 bridgehead atoms. The second kappa shape index (κ2) is 6.84. The molecule has 0 aliphatic heterocycles. The van der Waals surface area contributed by atoms with Crippen LogP contribution in [0.4, 0.5) is 0 Å². The van der Waals surface area contributed by atoms with E-state index >= 15 is 0 Å². The number of rotatable bonds is 5. The van der Waals surface area contributed by atoms with Crippen LogP contribution in [0.1, 0.15) is 17.3 Å². The normalized spacial score (nSPS) is 10.8. The number of aromatic nitrogens is 2. The van der Waals surface area contributed by atoms with Crippen LogP contribution in [0.2, 0.25) is 5.02 Å². The van der Waals surface area contributed by atoms with Gasteiger partial charge in [0.05, 0.1) is 29.3 Å². The summed E-state index contributed by atoms with van der Waals surface area (Å²) >= 11 is 5.94. The fraction of sp³-hybridized carbons (Fsp3) is 0.167. The Morgan fingerprint density at radius 3 is 2.83 bits per heavy atom. The highest BCUT2D eigenvalue weighted by Gasteiger charge is 2.08. The van der Waals surface area contributed by atoms with Gasteiger partial charge >= 0.3 is 0 Å². The van der Waals surface area contributed by atoms with Crippen LogP contribution in [-0.2, 0) is 6.54 Å². The maximum absolute atomic E-state index is 12.5. The van der Waals surface area contributed by atoms with Crippen molar-refractivity contribution in [2.45, 2.75) is 13.5 Å². The van der Waals surface area contributed by atoms with Crippen LogP contribution in [0, 0.1) is 0 Å². The molecule has 0 atom stereocenters. The Labute approximate surface area is 143 Å². The van der Waals surface area contributed by atoms with Crippen molar-refractivity contribution in [3.05, 3.63) is 69.7 Å². The molecule has 3 rings (SSSR count). The molecule has 0 saturated carbocycles. The molecule has 0 spiro atoms. The quantitative estimate of drug-likeness (QED) is 0.667. The molecule has 0 aliphatic carbocycles. The molecule has 0 radical (unpaired) electrons. The number of halogens is 1. The first-order valence-electron chi connectivity index (χ1n) is 7.44. The third-order valence-corrected chi connectivity index (χ3v) is 3.88. The first kappa shape index (κ1) is 16.2. The second-order valence-corrected chi connectivity index (χ2v) is 5.74. The number of carbonyl (C=O) groups excluding carboxylic acids is 1. The fourth-order valence-corrected chi connectivity index (χ4v) is 2.60. The summed E-state index contributed by atoms with van der Waals surface area (Å²) in [4.78, 5) is 28.3. The SMILES string of the molecule is CC(=O)c1ccccc1OCCn1cnc2ccc(Cl)cc2c1=O. The summed E-state index contributed by atoms with van der Waals surface area (Å²) in [7, 11) is 0. The van der Waals surface area contributed by atoms with Crippen LogP contribution >= 0.6 is 11.6 Å². The summed E-state index contributed by atoms with van der Waals surface area (Å²) in [5, 5.41) is 0.958. The van der Waals surface area contributed by atoms with Gasteiger partial charge in [0, 0.05) is 5.02 Å². The highest BCUT2D eigenvalue weighted by molar-refractivity contribution is 6.31. The van der Waals surface area contributed by atoms with Crippen molar-refractivity contribution < 1.29 is 9.53 Å². The average Bonchev–Trinajstić information content (AvgIpc) is 2.57. The van der Waals surface area contributed by atoms with Gasteiger partial charge in [-0.3, -0.25) is 14.2 Å². The van der Waals surface area contributed by atoms with E-state index < -0.39 is 0 Å². The molecule has 3 aromatic rings. The molecular weight excluding hydrogens is 328 g/mol. The molecule has 0 fully saturated rings.